The van der Waals surface area contributed by atoms with Gasteiger partial charge in [0.15, 0.2) is 0 Å². The normalized spacial score (nSPS) is 33.1. The standard InChI is InChI=1S/C24H43N/c1-3-5-7-8-11-21-13-15-22(16-14-21)23-12-10-18-24(19-23,20-25)17-9-6-4-2/h21-23H,3-19H2,1-2H3/t21?,22?,23-,24+/m1/s1. The molecule has 0 aliphatic heterocycles. The van der Waals surface area contributed by atoms with Gasteiger partial charge in [0.2, 0.25) is 0 Å². The van der Waals surface area contributed by atoms with E-state index in [1.807, 2.05) is 0 Å². The van der Waals surface area contributed by atoms with E-state index in [1.54, 1.807) is 0 Å². The van der Waals surface area contributed by atoms with E-state index in [0.29, 0.717) is 0 Å². The zero-order valence-corrected chi connectivity index (χ0v) is 17.2. The number of rotatable bonds is 10. The summed E-state index contributed by atoms with van der Waals surface area (Å²) >= 11 is 0. The summed E-state index contributed by atoms with van der Waals surface area (Å²) in [6.45, 7) is 4.57. The molecule has 2 saturated carbocycles. The summed E-state index contributed by atoms with van der Waals surface area (Å²) in [7, 11) is 0. The largest absolute Gasteiger partial charge is 0.198 e. The van der Waals surface area contributed by atoms with Crippen molar-refractivity contribution in [2.24, 2.45) is 23.2 Å². The summed E-state index contributed by atoms with van der Waals surface area (Å²) < 4.78 is 0. The molecule has 0 aromatic rings. The van der Waals surface area contributed by atoms with E-state index in [0.717, 1.165) is 17.8 Å². The maximum absolute atomic E-state index is 9.89. The lowest BCUT2D eigenvalue weighted by Gasteiger charge is -2.42. The second-order valence-electron chi connectivity index (χ2n) is 9.34. The van der Waals surface area contributed by atoms with Crippen LogP contribution in [0.2, 0.25) is 0 Å². The molecule has 1 nitrogen and oxygen atoms in total. The second-order valence-corrected chi connectivity index (χ2v) is 9.34. The number of nitriles is 1. The predicted molar refractivity (Wildman–Crippen MR) is 108 cm³/mol. The Hall–Kier alpha value is -0.510. The van der Waals surface area contributed by atoms with Crippen molar-refractivity contribution in [3.8, 4) is 6.07 Å². The van der Waals surface area contributed by atoms with Crippen LogP contribution in [0.1, 0.15) is 123 Å². The fourth-order valence-electron chi connectivity index (χ4n) is 5.72. The minimum absolute atomic E-state index is 0.0368. The SMILES string of the molecule is CCCCCCC1CCC([C@@H]2CCC[C@@](C#N)(CCCCC)C2)CC1. The van der Waals surface area contributed by atoms with Crippen LogP contribution in [0.4, 0.5) is 0 Å². The molecule has 0 amide bonds. The predicted octanol–water partition coefficient (Wildman–Crippen LogP) is 8.04. The number of unbranched alkanes of at least 4 members (excludes halogenated alkanes) is 5. The fraction of sp³-hybridized carbons (Fsp3) is 0.958. The molecule has 144 valence electrons. The second kappa shape index (κ2) is 11.3. The van der Waals surface area contributed by atoms with Gasteiger partial charge in [0.1, 0.15) is 0 Å². The van der Waals surface area contributed by atoms with Gasteiger partial charge in [-0.05, 0) is 49.9 Å². The van der Waals surface area contributed by atoms with Crippen molar-refractivity contribution in [1.82, 2.24) is 0 Å². The first-order valence-electron chi connectivity index (χ1n) is 11.6. The van der Waals surface area contributed by atoms with Crippen LogP contribution in [-0.2, 0) is 0 Å². The van der Waals surface area contributed by atoms with Gasteiger partial charge in [0.25, 0.3) is 0 Å². The van der Waals surface area contributed by atoms with Gasteiger partial charge in [-0.3, -0.25) is 0 Å². The molecule has 2 aliphatic rings. The highest BCUT2D eigenvalue weighted by molar-refractivity contribution is 5.03. The highest BCUT2D eigenvalue weighted by Crippen LogP contribution is 2.48. The van der Waals surface area contributed by atoms with Crippen LogP contribution in [0.25, 0.3) is 0 Å². The first-order valence-corrected chi connectivity index (χ1v) is 11.6. The molecule has 0 radical (unpaired) electrons. The first-order chi connectivity index (χ1) is 12.2. The lowest BCUT2D eigenvalue weighted by Crippen LogP contribution is -2.32. The monoisotopic (exact) mass is 345 g/mol. The summed E-state index contributed by atoms with van der Waals surface area (Å²) in [5, 5.41) is 9.89. The van der Waals surface area contributed by atoms with Gasteiger partial charge in [-0.15, -0.1) is 0 Å². The number of hydrogen-bond donors (Lipinski definition) is 0. The minimum atomic E-state index is 0.0368. The van der Waals surface area contributed by atoms with Gasteiger partial charge < -0.3 is 0 Å². The Balaban J connectivity index is 1.75. The molecule has 0 heterocycles. The third-order valence-electron chi connectivity index (χ3n) is 7.40. The Labute approximate surface area is 158 Å². The summed E-state index contributed by atoms with van der Waals surface area (Å²) in [6, 6.07) is 2.79. The van der Waals surface area contributed by atoms with Gasteiger partial charge in [-0.2, -0.15) is 5.26 Å². The average Bonchev–Trinajstić information content (AvgIpc) is 2.66. The van der Waals surface area contributed by atoms with E-state index in [4.69, 9.17) is 0 Å². The molecule has 1 heteroatoms. The summed E-state index contributed by atoms with van der Waals surface area (Å²) in [5.41, 5.74) is 0.0368. The number of nitrogens with zero attached hydrogens (tertiary/aromatic N) is 1. The Kier molecular flexibility index (Phi) is 9.36. The number of hydrogen-bond acceptors (Lipinski definition) is 1. The molecule has 0 aromatic heterocycles. The lowest BCUT2D eigenvalue weighted by molar-refractivity contribution is 0.102. The minimum Gasteiger partial charge on any atom is -0.198 e. The van der Waals surface area contributed by atoms with Crippen molar-refractivity contribution < 1.29 is 0 Å². The Morgan fingerprint density at radius 3 is 2.24 bits per heavy atom. The lowest BCUT2D eigenvalue weighted by atomic mass is 9.62. The zero-order chi connectivity index (χ0) is 18.0. The molecule has 0 aromatic carbocycles. The third kappa shape index (κ3) is 6.62. The molecule has 2 rings (SSSR count). The molecule has 0 N–H and O–H groups in total. The van der Waals surface area contributed by atoms with Gasteiger partial charge in [0.05, 0.1) is 11.5 Å². The molecule has 2 aliphatic carbocycles. The molecule has 0 spiro atoms. The van der Waals surface area contributed by atoms with Gasteiger partial charge >= 0.3 is 0 Å². The van der Waals surface area contributed by atoms with E-state index in [2.05, 4.69) is 19.9 Å². The van der Waals surface area contributed by atoms with E-state index >= 15 is 0 Å². The van der Waals surface area contributed by atoms with Crippen molar-refractivity contribution >= 4 is 0 Å². The van der Waals surface area contributed by atoms with Crippen LogP contribution < -0.4 is 0 Å². The van der Waals surface area contributed by atoms with Gasteiger partial charge in [-0.1, -0.05) is 90.9 Å². The Morgan fingerprint density at radius 2 is 1.56 bits per heavy atom. The van der Waals surface area contributed by atoms with Gasteiger partial charge in [0, 0.05) is 0 Å². The first kappa shape index (κ1) is 20.8. The van der Waals surface area contributed by atoms with E-state index in [-0.39, 0.29) is 5.41 Å². The van der Waals surface area contributed by atoms with Crippen molar-refractivity contribution in [2.75, 3.05) is 0 Å². The quantitative estimate of drug-likeness (QED) is 0.367. The molecule has 2 fully saturated rings. The molecule has 25 heavy (non-hydrogen) atoms. The third-order valence-corrected chi connectivity index (χ3v) is 7.40. The summed E-state index contributed by atoms with van der Waals surface area (Å²) in [6.07, 6.45) is 23.1. The fourth-order valence-corrected chi connectivity index (χ4v) is 5.72. The highest BCUT2D eigenvalue weighted by atomic mass is 14.5. The van der Waals surface area contributed by atoms with Crippen LogP contribution in [0.15, 0.2) is 0 Å². The topological polar surface area (TPSA) is 23.8 Å². The molecule has 0 saturated heterocycles. The smallest absolute Gasteiger partial charge is 0.0689 e. The van der Waals surface area contributed by atoms with Crippen LogP contribution in [-0.4, -0.2) is 0 Å². The van der Waals surface area contributed by atoms with E-state index in [1.165, 1.54) is 109 Å². The molecular formula is C24H43N. The molecule has 2 atom stereocenters. The van der Waals surface area contributed by atoms with Crippen LogP contribution in [0.5, 0.6) is 0 Å². The zero-order valence-electron chi connectivity index (χ0n) is 17.2. The van der Waals surface area contributed by atoms with Crippen molar-refractivity contribution in [3.05, 3.63) is 0 Å². The van der Waals surface area contributed by atoms with Crippen LogP contribution in [0.3, 0.4) is 0 Å². The maximum atomic E-state index is 9.89. The Bertz CT molecular complexity index is 387. The summed E-state index contributed by atoms with van der Waals surface area (Å²) in [4.78, 5) is 0. The van der Waals surface area contributed by atoms with Crippen molar-refractivity contribution in [2.45, 2.75) is 123 Å². The van der Waals surface area contributed by atoms with E-state index < -0.39 is 0 Å². The molecule has 0 unspecified atom stereocenters. The van der Waals surface area contributed by atoms with Gasteiger partial charge in [-0.25, -0.2) is 0 Å². The van der Waals surface area contributed by atoms with Crippen molar-refractivity contribution in [3.63, 3.8) is 0 Å². The average molecular weight is 346 g/mol. The molecular weight excluding hydrogens is 302 g/mol. The van der Waals surface area contributed by atoms with E-state index in [9.17, 15) is 5.26 Å². The molecule has 0 bridgehead atoms. The van der Waals surface area contributed by atoms with Crippen LogP contribution in [0, 0.1) is 34.5 Å². The van der Waals surface area contributed by atoms with Crippen molar-refractivity contribution in [1.29, 1.82) is 5.26 Å². The maximum Gasteiger partial charge on any atom is 0.0689 e. The van der Waals surface area contributed by atoms with Crippen LogP contribution >= 0.6 is 0 Å². The summed E-state index contributed by atoms with van der Waals surface area (Å²) in [5.74, 6) is 2.81. The Morgan fingerprint density at radius 1 is 0.840 bits per heavy atom. The highest BCUT2D eigenvalue weighted by Gasteiger charge is 2.39.